The molecule has 18 heavy (non-hydrogen) atoms. The second-order valence-electron chi connectivity index (χ2n) is 5.64. The molecule has 0 bridgehead atoms. The number of carbonyl (C=O) groups is 1. The van der Waals surface area contributed by atoms with Crippen molar-refractivity contribution in [3.63, 3.8) is 0 Å². The maximum Gasteiger partial charge on any atom is 0.157 e. The summed E-state index contributed by atoms with van der Waals surface area (Å²) in [6, 6.07) is 7.75. The lowest BCUT2D eigenvalue weighted by atomic mass is 9.79. The Bertz CT molecular complexity index is 491. The van der Waals surface area contributed by atoms with Gasteiger partial charge in [-0.25, -0.2) is 0 Å². The van der Waals surface area contributed by atoms with Crippen LogP contribution >= 0.6 is 11.6 Å². The lowest BCUT2D eigenvalue weighted by Gasteiger charge is -2.29. The van der Waals surface area contributed by atoms with E-state index in [9.17, 15) is 4.79 Å². The smallest absolute Gasteiger partial charge is 0.157 e. The van der Waals surface area contributed by atoms with Gasteiger partial charge in [0.15, 0.2) is 5.78 Å². The normalized spacial score (nSPS) is 18.4. The van der Waals surface area contributed by atoms with E-state index in [2.05, 4.69) is 19.2 Å². The first-order valence-corrected chi connectivity index (χ1v) is 6.54. The third-order valence-corrected chi connectivity index (χ3v) is 3.30. The zero-order chi connectivity index (χ0) is 13.2. The number of nitrogens with one attached hydrogen (secondary N) is 1. The van der Waals surface area contributed by atoms with Crippen LogP contribution in [0.25, 0.3) is 0 Å². The highest BCUT2D eigenvalue weighted by Crippen LogP contribution is 2.32. The highest BCUT2D eigenvalue weighted by atomic mass is 35.5. The van der Waals surface area contributed by atoms with Crippen LogP contribution in [0, 0.1) is 5.41 Å². The molecule has 0 radical (unpaired) electrons. The van der Waals surface area contributed by atoms with Gasteiger partial charge in [-0.3, -0.25) is 4.79 Å². The summed E-state index contributed by atoms with van der Waals surface area (Å²) < 4.78 is 0. The van der Waals surface area contributed by atoms with Crippen molar-refractivity contribution in [1.29, 1.82) is 0 Å². The Labute approximate surface area is 113 Å². The summed E-state index contributed by atoms with van der Waals surface area (Å²) in [7, 11) is 0. The summed E-state index contributed by atoms with van der Waals surface area (Å²) in [5.74, 6) is 0.208. The van der Waals surface area contributed by atoms with Gasteiger partial charge in [-0.15, -0.1) is 0 Å². The molecule has 0 saturated carbocycles. The van der Waals surface area contributed by atoms with Gasteiger partial charge in [0.05, 0.1) is 0 Å². The zero-order valence-electron chi connectivity index (χ0n) is 10.8. The Hall–Kier alpha value is -1.28. The molecule has 0 atom stereocenters. The Balaban J connectivity index is 2.00. The van der Waals surface area contributed by atoms with Crippen LogP contribution in [0.4, 0.5) is 0 Å². The maximum atomic E-state index is 11.6. The molecule has 1 N–H and O–H groups in total. The minimum atomic E-state index is 0.0580. The largest absolute Gasteiger partial charge is 0.384 e. The van der Waals surface area contributed by atoms with Crippen molar-refractivity contribution in [3.05, 3.63) is 46.6 Å². The number of hydrogen-bond acceptors (Lipinski definition) is 2. The van der Waals surface area contributed by atoms with Crippen molar-refractivity contribution < 1.29 is 4.79 Å². The first kappa shape index (κ1) is 13.2. The van der Waals surface area contributed by atoms with Crippen LogP contribution in [0.15, 0.2) is 36.0 Å². The Morgan fingerprint density at radius 1 is 1.33 bits per heavy atom. The molecular formula is C15H18ClNO. The quantitative estimate of drug-likeness (QED) is 0.901. The topological polar surface area (TPSA) is 29.1 Å². The number of hydrogen-bond donors (Lipinski definition) is 1. The highest BCUT2D eigenvalue weighted by molar-refractivity contribution is 6.30. The molecular weight excluding hydrogens is 246 g/mol. The molecule has 96 valence electrons. The van der Waals surface area contributed by atoms with Crippen LogP contribution < -0.4 is 5.32 Å². The molecule has 2 nitrogen and oxygen atoms in total. The van der Waals surface area contributed by atoms with Gasteiger partial charge < -0.3 is 5.32 Å². The third-order valence-electron chi connectivity index (χ3n) is 3.07. The van der Waals surface area contributed by atoms with E-state index in [1.165, 1.54) is 0 Å². The van der Waals surface area contributed by atoms with Crippen molar-refractivity contribution in [2.24, 2.45) is 5.41 Å². The number of ketones is 1. The van der Waals surface area contributed by atoms with Crippen LogP contribution in [0.1, 0.15) is 32.3 Å². The number of carbonyl (C=O) groups excluding carboxylic acids is 1. The minimum absolute atomic E-state index is 0.0580. The second-order valence-corrected chi connectivity index (χ2v) is 6.07. The van der Waals surface area contributed by atoms with Crippen LogP contribution in [-0.2, 0) is 11.3 Å². The van der Waals surface area contributed by atoms with Gasteiger partial charge >= 0.3 is 0 Å². The van der Waals surface area contributed by atoms with Crippen molar-refractivity contribution in [3.8, 4) is 0 Å². The molecule has 1 aromatic carbocycles. The number of benzene rings is 1. The predicted octanol–water partition coefficient (Wildman–Crippen LogP) is 3.70. The lowest BCUT2D eigenvalue weighted by Crippen LogP contribution is -2.27. The number of allylic oxidation sites excluding steroid dienone is 2. The van der Waals surface area contributed by atoms with E-state index in [4.69, 9.17) is 11.6 Å². The standard InChI is InChI=1S/C15H18ClNO/c1-15(2)8-13(7-14(18)9-15)17-10-11-4-3-5-12(16)6-11/h3-7,17H,8-10H2,1-2H3. The summed E-state index contributed by atoms with van der Waals surface area (Å²) in [6.45, 7) is 4.95. The summed E-state index contributed by atoms with van der Waals surface area (Å²) in [5, 5.41) is 4.07. The van der Waals surface area contributed by atoms with E-state index in [1.54, 1.807) is 6.08 Å². The summed E-state index contributed by atoms with van der Waals surface area (Å²) >= 11 is 5.94. The van der Waals surface area contributed by atoms with Crippen molar-refractivity contribution in [2.45, 2.75) is 33.2 Å². The second kappa shape index (κ2) is 5.15. The molecule has 1 aromatic rings. The molecule has 2 rings (SSSR count). The Morgan fingerprint density at radius 2 is 2.11 bits per heavy atom. The minimum Gasteiger partial charge on any atom is -0.384 e. The number of rotatable bonds is 3. The third kappa shape index (κ3) is 3.61. The predicted molar refractivity (Wildman–Crippen MR) is 74.4 cm³/mol. The molecule has 0 spiro atoms. The first-order valence-electron chi connectivity index (χ1n) is 6.16. The van der Waals surface area contributed by atoms with Crippen LogP contribution in [0.5, 0.6) is 0 Å². The van der Waals surface area contributed by atoms with Crippen LogP contribution in [0.2, 0.25) is 5.02 Å². The van der Waals surface area contributed by atoms with Gasteiger partial charge in [-0.05, 0) is 29.5 Å². The van der Waals surface area contributed by atoms with Gasteiger partial charge in [0, 0.05) is 29.8 Å². The fourth-order valence-electron chi connectivity index (χ4n) is 2.32. The van der Waals surface area contributed by atoms with Gasteiger partial charge in [-0.2, -0.15) is 0 Å². The van der Waals surface area contributed by atoms with E-state index in [0.29, 0.717) is 13.0 Å². The Kier molecular flexibility index (Phi) is 3.76. The molecule has 1 aliphatic rings. The molecule has 0 aromatic heterocycles. The van der Waals surface area contributed by atoms with E-state index >= 15 is 0 Å². The van der Waals surface area contributed by atoms with Gasteiger partial charge in [-0.1, -0.05) is 37.6 Å². The van der Waals surface area contributed by atoms with Crippen LogP contribution in [-0.4, -0.2) is 5.78 Å². The van der Waals surface area contributed by atoms with E-state index in [0.717, 1.165) is 22.7 Å². The lowest BCUT2D eigenvalue weighted by molar-refractivity contribution is -0.117. The molecule has 1 aliphatic carbocycles. The molecule has 0 saturated heterocycles. The van der Waals surface area contributed by atoms with Crippen LogP contribution in [0.3, 0.4) is 0 Å². The summed E-state index contributed by atoms with van der Waals surface area (Å²) in [5.41, 5.74) is 2.21. The van der Waals surface area contributed by atoms with E-state index in [1.807, 2.05) is 24.3 Å². The zero-order valence-corrected chi connectivity index (χ0v) is 11.6. The Morgan fingerprint density at radius 3 is 2.78 bits per heavy atom. The fraction of sp³-hybridized carbons (Fsp3) is 0.400. The first-order chi connectivity index (χ1) is 8.44. The van der Waals surface area contributed by atoms with E-state index < -0.39 is 0 Å². The summed E-state index contributed by atoms with van der Waals surface area (Å²) in [6.07, 6.45) is 3.28. The van der Waals surface area contributed by atoms with Crippen molar-refractivity contribution in [2.75, 3.05) is 0 Å². The fourth-order valence-corrected chi connectivity index (χ4v) is 2.54. The molecule has 0 unspecified atom stereocenters. The molecule has 0 fully saturated rings. The average Bonchev–Trinajstić information content (AvgIpc) is 2.24. The summed E-state index contributed by atoms with van der Waals surface area (Å²) in [4.78, 5) is 11.6. The molecule has 0 heterocycles. The SMILES string of the molecule is CC1(C)CC(=O)C=C(NCc2cccc(Cl)c2)C1. The van der Waals surface area contributed by atoms with Gasteiger partial charge in [0.25, 0.3) is 0 Å². The van der Waals surface area contributed by atoms with E-state index in [-0.39, 0.29) is 11.2 Å². The van der Waals surface area contributed by atoms with Gasteiger partial charge in [0.1, 0.15) is 0 Å². The molecule has 3 heteroatoms. The van der Waals surface area contributed by atoms with Crippen molar-refractivity contribution >= 4 is 17.4 Å². The molecule has 0 aliphatic heterocycles. The highest BCUT2D eigenvalue weighted by Gasteiger charge is 2.27. The van der Waals surface area contributed by atoms with Crippen molar-refractivity contribution in [1.82, 2.24) is 5.32 Å². The number of halogens is 1. The average molecular weight is 264 g/mol. The monoisotopic (exact) mass is 263 g/mol. The van der Waals surface area contributed by atoms with Gasteiger partial charge in [0.2, 0.25) is 0 Å². The molecule has 0 amide bonds. The maximum absolute atomic E-state index is 11.6.